The van der Waals surface area contributed by atoms with Crippen molar-refractivity contribution in [2.75, 3.05) is 0 Å². The number of Topliss-reactive ketones (excluding diaryl/α,β-unsaturated/α-hetero) is 1. The predicted molar refractivity (Wildman–Crippen MR) is 152 cm³/mol. The molecule has 3 aliphatic rings. The van der Waals surface area contributed by atoms with Gasteiger partial charge in [-0.1, -0.05) is 107 Å². The number of benzene rings is 2. The largest absolute Gasteiger partial charge is 0.292 e. The summed E-state index contributed by atoms with van der Waals surface area (Å²) in [5, 5.41) is 0.904. The van der Waals surface area contributed by atoms with Gasteiger partial charge in [0.15, 0.2) is 10.1 Å². The fourth-order valence-electron chi connectivity index (χ4n) is 5.59. The summed E-state index contributed by atoms with van der Waals surface area (Å²) in [5.74, 6) is -6.28. The lowest BCUT2D eigenvalue weighted by molar-refractivity contribution is -0.157. The summed E-state index contributed by atoms with van der Waals surface area (Å²) in [5.41, 5.74) is 0.218. The summed E-state index contributed by atoms with van der Waals surface area (Å²) in [6, 6.07) is 12.9. The Kier molecular flexibility index (Phi) is 7.29. The molecule has 13 heteroatoms. The van der Waals surface area contributed by atoms with Gasteiger partial charge in [0.1, 0.15) is 15.8 Å². The second-order valence-electron chi connectivity index (χ2n) is 9.35. The van der Waals surface area contributed by atoms with Crippen molar-refractivity contribution >= 4 is 105 Å². The third-order valence-electron chi connectivity index (χ3n) is 7.46. The molecule has 3 amide bonds. The van der Waals surface area contributed by atoms with Gasteiger partial charge in [-0.05, 0) is 18.6 Å². The zero-order chi connectivity index (χ0) is 28.7. The van der Waals surface area contributed by atoms with Gasteiger partial charge in [-0.2, -0.15) is 5.01 Å². The van der Waals surface area contributed by atoms with Crippen molar-refractivity contribution in [2.24, 2.45) is 11.8 Å². The Balaban J connectivity index is 1.68. The molecule has 0 radical (unpaired) electrons. The number of rotatable bonds is 6. The number of hydrogen-bond acceptors (Lipinski definition) is 4. The molecule has 0 unspecified atom stereocenters. The zero-order valence-corrected chi connectivity index (χ0v) is 25.1. The average molecular weight is 670 g/mol. The van der Waals surface area contributed by atoms with Crippen LogP contribution in [-0.4, -0.2) is 53.6 Å². The molecule has 2 bridgehead atoms. The smallest absolute Gasteiger partial charge is 0.275 e. The third kappa shape index (κ3) is 3.62. The first kappa shape index (κ1) is 29.0. The summed E-state index contributed by atoms with van der Waals surface area (Å²) in [6.45, 7) is 1.64. The summed E-state index contributed by atoms with van der Waals surface area (Å²) in [7, 11) is 0. The average Bonchev–Trinajstić information content (AvgIpc) is 3.30. The van der Waals surface area contributed by atoms with E-state index in [9.17, 15) is 19.2 Å². The Morgan fingerprint density at radius 1 is 0.846 bits per heavy atom. The number of hydrazine groups is 1. The first-order chi connectivity index (χ1) is 18.3. The molecule has 2 aromatic carbocycles. The van der Waals surface area contributed by atoms with Gasteiger partial charge in [-0.25, -0.2) is 5.01 Å². The van der Waals surface area contributed by atoms with Crippen molar-refractivity contribution in [3.8, 4) is 0 Å². The second kappa shape index (κ2) is 9.80. The molecule has 2 aliphatic carbocycles. The van der Waals surface area contributed by atoms with Crippen LogP contribution >= 0.6 is 81.2 Å². The Labute approximate surface area is 258 Å². The minimum absolute atomic E-state index is 0.0308. The maximum absolute atomic E-state index is 14.1. The molecule has 5 rings (SSSR count). The van der Waals surface area contributed by atoms with Crippen molar-refractivity contribution in [3.05, 3.63) is 80.8 Å². The fourth-order valence-corrected chi connectivity index (χ4v) is 8.73. The summed E-state index contributed by atoms with van der Waals surface area (Å²) in [6.07, 6.45) is 0.0308. The maximum Gasteiger partial charge on any atom is 0.275 e. The van der Waals surface area contributed by atoms with Gasteiger partial charge in [-0.3, -0.25) is 19.2 Å². The van der Waals surface area contributed by atoms with Crippen LogP contribution in [0.3, 0.4) is 0 Å². The van der Waals surface area contributed by atoms with Crippen molar-refractivity contribution in [1.29, 1.82) is 0 Å². The van der Waals surface area contributed by atoms with Crippen molar-refractivity contribution in [3.63, 3.8) is 0 Å². The summed E-state index contributed by atoms with van der Waals surface area (Å²) >= 11 is 46.0. The van der Waals surface area contributed by atoms with E-state index in [1.54, 1.807) is 49.4 Å². The fraction of sp³-hybridized carbons (Fsp3) is 0.308. The number of fused-ring (bicyclic) bond motifs is 5. The lowest BCUT2D eigenvalue weighted by Gasteiger charge is -2.39. The van der Waals surface area contributed by atoms with E-state index in [1.165, 1.54) is 12.1 Å². The first-order valence-corrected chi connectivity index (χ1v) is 14.3. The van der Waals surface area contributed by atoms with Gasteiger partial charge in [0.2, 0.25) is 0 Å². The predicted octanol–water partition coefficient (Wildman–Crippen LogP) is 6.81. The Morgan fingerprint density at radius 3 is 1.82 bits per heavy atom. The molecule has 1 aliphatic heterocycles. The van der Waals surface area contributed by atoms with Gasteiger partial charge >= 0.3 is 0 Å². The van der Waals surface area contributed by atoms with Crippen LogP contribution in [0.2, 0.25) is 5.02 Å². The van der Waals surface area contributed by atoms with Gasteiger partial charge in [0.05, 0.1) is 32.5 Å². The summed E-state index contributed by atoms with van der Waals surface area (Å²) < 4.78 is -2.15. The molecule has 6 nitrogen and oxygen atoms in total. The topological polar surface area (TPSA) is 74.8 Å². The van der Waals surface area contributed by atoms with E-state index in [0.29, 0.717) is 5.01 Å². The molecule has 2 fully saturated rings. The molecule has 1 saturated carbocycles. The molecule has 204 valence electrons. The standard InChI is InChI=1S/C26H17Cl7N2O4/c1-2-15(18(36)12-8-4-3-5-9-12)34(21(37)13-10-6-7-11-14(13)27)35-22(38)16-17(23(35)39)25(31)20(29)19(28)24(16,30)26(25,32)33/h3-11,15-17H,2H2,1H3/t15-,16+,17+,24-,25-/m1/s1. The minimum Gasteiger partial charge on any atom is -0.292 e. The SMILES string of the molecule is CC[C@H](C(=O)c1ccccc1)N(C(=O)c1ccccc1Cl)N1C(=O)[C@@H]2[C@@H](C1=O)[C@@]1(Cl)C(Cl)=C(Cl)[C@@]2(Cl)C1(Cl)Cl. The Bertz CT molecular complexity index is 1420. The van der Waals surface area contributed by atoms with E-state index in [1.807, 2.05) is 0 Å². The lowest BCUT2D eigenvalue weighted by Crippen LogP contribution is -2.60. The van der Waals surface area contributed by atoms with Crippen LogP contribution in [0.5, 0.6) is 0 Å². The van der Waals surface area contributed by atoms with Crippen molar-refractivity contribution < 1.29 is 19.2 Å². The molecule has 2 aromatic rings. The van der Waals surface area contributed by atoms with E-state index in [0.717, 1.165) is 5.01 Å². The number of imide groups is 1. The molecular formula is C26H17Cl7N2O4. The Morgan fingerprint density at radius 2 is 1.33 bits per heavy atom. The highest BCUT2D eigenvalue weighted by atomic mass is 35.5. The molecule has 1 heterocycles. The van der Waals surface area contributed by atoms with E-state index in [4.69, 9.17) is 81.2 Å². The Hall–Kier alpha value is -1.51. The zero-order valence-electron chi connectivity index (χ0n) is 19.8. The number of halogens is 7. The van der Waals surface area contributed by atoms with E-state index >= 15 is 0 Å². The number of ketones is 1. The quantitative estimate of drug-likeness (QED) is 0.193. The second-order valence-corrected chi connectivity index (χ2v) is 13.0. The van der Waals surface area contributed by atoms with Crippen LogP contribution in [0.4, 0.5) is 0 Å². The number of alkyl halides is 4. The highest BCUT2D eigenvalue weighted by molar-refractivity contribution is 6.66. The van der Waals surface area contributed by atoms with Gasteiger partial charge in [-0.15, -0.1) is 23.2 Å². The number of nitrogens with zero attached hydrogens (tertiary/aromatic N) is 2. The molecule has 5 atom stereocenters. The molecular weight excluding hydrogens is 652 g/mol. The molecule has 0 spiro atoms. The van der Waals surface area contributed by atoms with Gasteiger partial charge in [0, 0.05) is 5.56 Å². The number of carbonyl (C=O) groups is 4. The first-order valence-electron chi connectivity index (χ1n) is 11.6. The summed E-state index contributed by atoms with van der Waals surface area (Å²) in [4.78, 5) is 51.8. The maximum atomic E-state index is 14.1. The number of hydrogen-bond donors (Lipinski definition) is 0. The molecule has 1 saturated heterocycles. The van der Waals surface area contributed by atoms with E-state index in [2.05, 4.69) is 0 Å². The molecule has 39 heavy (non-hydrogen) atoms. The number of amides is 3. The van der Waals surface area contributed by atoms with Crippen LogP contribution in [0.1, 0.15) is 34.1 Å². The highest BCUT2D eigenvalue weighted by Crippen LogP contribution is 2.77. The lowest BCUT2D eigenvalue weighted by atomic mass is 9.84. The van der Waals surface area contributed by atoms with Gasteiger partial charge in [0.25, 0.3) is 17.7 Å². The van der Waals surface area contributed by atoms with Crippen molar-refractivity contribution in [1.82, 2.24) is 10.0 Å². The minimum atomic E-state index is -2.15. The van der Waals surface area contributed by atoms with Crippen LogP contribution in [0, 0.1) is 11.8 Å². The van der Waals surface area contributed by atoms with Gasteiger partial charge < -0.3 is 0 Å². The van der Waals surface area contributed by atoms with E-state index in [-0.39, 0.29) is 32.6 Å². The number of allylic oxidation sites excluding steroid dienone is 2. The van der Waals surface area contributed by atoms with Crippen LogP contribution in [-0.2, 0) is 9.59 Å². The normalized spacial score (nSPS) is 29.6. The monoisotopic (exact) mass is 666 g/mol. The van der Waals surface area contributed by atoms with Crippen LogP contribution < -0.4 is 0 Å². The molecule has 0 aromatic heterocycles. The number of carbonyl (C=O) groups excluding carboxylic acids is 4. The van der Waals surface area contributed by atoms with Crippen LogP contribution in [0.25, 0.3) is 0 Å². The van der Waals surface area contributed by atoms with Crippen molar-refractivity contribution in [2.45, 2.75) is 33.5 Å². The van der Waals surface area contributed by atoms with Crippen LogP contribution in [0.15, 0.2) is 64.7 Å². The van der Waals surface area contributed by atoms with E-state index < -0.39 is 55.5 Å². The third-order valence-corrected chi connectivity index (χ3v) is 12.0. The molecule has 0 N–H and O–H groups in total. The highest BCUT2D eigenvalue weighted by Gasteiger charge is 2.88.